The second-order valence-corrected chi connectivity index (χ2v) is 2.44. The van der Waals surface area contributed by atoms with Gasteiger partial charge in [0.05, 0.1) is 0 Å². The fourth-order valence-corrected chi connectivity index (χ4v) is 0.653. The quantitative estimate of drug-likeness (QED) is 0.615. The van der Waals surface area contributed by atoms with Crippen molar-refractivity contribution in [2.75, 3.05) is 13.6 Å². The van der Waals surface area contributed by atoms with E-state index in [0.717, 1.165) is 0 Å². The Hall–Kier alpha value is -0.570. The lowest BCUT2D eigenvalue weighted by molar-refractivity contribution is -0.131. The maximum Gasteiger partial charge on any atom is 0.222 e. The van der Waals surface area contributed by atoms with E-state index in [9.17, 15) is 4.79 Å². The summed E-state index contributed by atoms with van der Waals surface area (Å²) in [6.07, 6.45) is 0.556. The number of likely N-dealkylation sites (N-methyl/N-ethyl adjacent to an activating group) is 1. The van der Waals surface area contributed by atoms with Gasteiger partial charge in [-0.2, -0.15) is 0 Å². The highest BCUT2D eigenvalue weighted by Crippen LogP contribution is 1.95. The molecule has 0 spiro atoms. The van der Waals surface area contributed by atoms with Crippen LogP contribution >= 0.6 is 0 Å². The molecule has 0 aromatic carbocycles. The second kappa shape index (κ2) is 4.28. The van der Waals surface area contributed by atoms with Crippen molar-refractivity contribution in [2.45, 2.75) is 26.3 Å². The number of hydrogen-bond acceptors (Lipinski definition) is 2. The smallest absolute Gasteiger partial charge is 0.222 e. The minimum absolute atomic E-state index is 0.151. The monoisotopic (exact) mass is 144 g/mol. The standard InChI is InChI=1S/C7H16N2O/c1-4-7(10)9(3)6(2)5-8/h6H,4-5,8H2,1-3H3. The molecule has 1 atom stereocenters. The molecule has 0 aliphatic carbocycles. The van der Waals surface area contributed by atoms with E-state index in [1.807, 2.05) is 13.8 Å². The van der Waals surface area contributed by atoms with E-state index in [0.29, 0.717) is 13.0 Å². The topological polar surface area (TPSA) is 46.3 Å². The average Bonchev–Trinajstić information content (AvgIpc) is 2.00. The van der Waals surface area contributed by atoms with E-state index in [1.54, 1.807) is 11.9 Å². The molecule has 0 rings (SSSR count). The highest BCUT2D eigenvalue weighted by atomic mass is 16.2. The molecular formula is C7H16N2O. The van der Waals surface area contributed by atoms with E-state index in [4.69, 9.17) is 5.73 Å². The number of rotatable bonds is 3. The Kier molecular flexibility index (Phi) is 4.03. The van der Waals surface area contributed by atoms with Crippen molar-refractivity contribution in [1.29, 1.82) is 0 Å². The van der Waals surface area contributed by atoms with Crippen LogP contribution in [0.2, 0.25) is 0 Å². The first kappa shape index (κ1) is 9.43. The third-order valence-electron chi connectivity index (χ3n) is 1.70. The summed E-state index contributed by atoms with van der Waals surface area (Å²) in [6, 6.07) is 0.160. The summed E-state index contributed by atoms with van der Waals surface area (Å²) in [7, 11) is 1.78. The Bertz CT molecular complexity index is 114. The molecule has 0 aliphatic rings. The zero-order chi connectivity index (χ0) is 8.15. The molecule has 1 unspecified atom stereocenters. The molecule has 0 fully saturated rings. The molecule has 1 amide bonds. The van der Waals surface area contributed by atoms with Crippen LogP contribution in [0, 0.1) is 0 Å². The van der Waals surface area contributed by atoms with Crippen LogP contribution in [0.1, 0.15) is 20.3 Å². The van der Waals surface area contributed by atoms with Crippen LogP contribution in [-0.4, -0.2) is 30.4 Å². The molecule has 0 aliphatic heterocycles. The summed E-state index contributed by atoms with van der Waals surface area (Å²) in [5.41, 5.74) is 5.37. The highest BCUT2D eigenvalue weighted by Gasteiger charge is 2.10. The molecule has 60 valence electrons. The summed E-state index contributed by atoms with van der Waals surface area (Å²) in [5, 5.41) is 0. The Balaban J connectivity index is 3.81. The molecule has 0 aromatic rings. The first-order valence-corrected chi connectivity index (χ1v) is 3.59. The largest absolute Gasteiger partial charge is 0.342 e. The minimum Gasteiger partial charge on any atom is -0.342 e. The maximum absolute atomic E-state index is 11.0. The van der Waals surface area contributed by atoms with E-state index in [1.165, 1.54) is 0 Å². The summed E-state index contributed by atoms with van der Waals surface area (Å²) in [4.78, 5) is 12.7. The lowest BCUT2D eigenvalue weighted by Crippen LogP contribution is -2.39. The van der Waals surface area contributed by atoms with Gasteiger partial charge in [-0.1, -0.05) is 6.92 Å². The second-order valence-electron chi connectivity index (χ2n) is 2.44. The van der Waals surface area contributed by atoms with Crippen LogP contribution in [0.5, 0.6) is 0 Å². The summed E-state index contributed by atoms with van der Waals surface area (Å²) < 4.78 is 0. The molecule has 0 heterocycles. The fourth-order valence-electron chi connectivity index (χ4n) is 0.653. The molecule has 0 radical (unpaired) electrons. The van der Waals surface area contributed by atoms with Crippen molar-refractivity contribution in [3.05, 3.63) is 0 Å². The number of nitrogens with zero attached hydrogens (tertiary/aromatic N) is 1. The van der Waals surface area contributed by atoms with Crippen LogP contribution in [0.15, 0.2) is 0 Å². The van der Waals surface area contributed by atoms with Crippen molar-refractivity contribution < 1.29 is 4.79 Å². The van der Waals surface area contributed by atoms with Gasteiger partial charge >= 0.3 is 0 Å². The van der Waals surface area contributed by atoms with Crippen LogP contribution in [0.3, 0.4) is 0 Å². The SMILES string of the molecule is CCC(=O)N(C)C(C)CN. The summed E-state index contributed by atoms with van der Waals surface area (Å²) in [5.74, 6) is 0.151. The predicted molar refractivity (Wildman–Crippen MR) is 41.6 cm³/mol. The Morgan fingerprint density at radius 2 is 2.20 bits per heavy atom. The number of hydrogen-bond donors (Lipinski definition) is 1. The van der Waals surface area contributed by atoms with Gasteiger partial charge in [0, 0.05) is 26.1 Å². The van der Waals surface area contributed by atoms with Crippen LogP contribution in [-0.2, 0) is 4.79 Å². The first-order chi connectivity index (χ1) is 4.63. The van der Waals surface area contributed by atoms with E-state index >= 15 is 0 Å². The van der Waals surface area contributed by atoms with Crippen molar-refractivity contribution in [3.63, 3.8) is 0 Å². The van der Waals surface area contributed by atoms with Gasteiger partial charge < -0.3 is 10.6 Å². The molecule has 2 N–H and O–H groups in total. The van der Waals surface area contributed by atoms with Gasteiger partial charge in [0.25, 0.3) is 0 Å². The minimum atomic E-state index is 0.151. The predicted octanol–water partition coefficient (Wildman–Crippen LogP) is 0.202. The van der Waals surface area contributed by atoms with Crippen LogP contribution < -0.4 is 5.73 Å². The molecule has 0 bridgehead atoms. The van der Waals surface area contributed by atoms with Crippen molar-refractivity contribution >= 4 is 5.91 Å². The number of carbonyl (C=O) groups excluding carboxylic acids is 1. The van der Waals surface area contributed by atoms with Gasteiger partial charge in [-0.05, 0) is 6.92 Å². The van der Waals surface area contributed by atoms with Crippen molar-refractivity contribution in [2.24, 2.45) is 5.73 Å². The van der Waals surface area contributed by atoms with E-state index < -0.39 is 0 Å². The molecule has 3 nitrogen and oxygen atoms in total. The van der Waals surface area contributed by atoms with Crippen LogP contribution in [0.25, 0.3) is 0 Å². The van der Waals surface area contributed by atoms with Crippen LogP contribution in [0.4, 0.5) is 0 Å². The van der Waals surface area contributed by atoms with Crippen molar-refractivity contribution in [1.82, 2.24) is 4.90 Å². The lowest BCUT2D eigenvalue weighted by atomic mass is 10.3. The van der Waals surface area contributed by atoms with Gasteiger partial charge in [0.15, 0.2) is 0 Å². The van der Waals surface area contributed by atoms with Gasteiger partial charge in [-0.15, -0.1) is 0 Å². The Morgan fingerprint density at radius 1 is 1.70 bits per heavy atom. The molecule has 0 saturated heterocycles. The zero-order valence-corrected chi connectivity index (χ0v) is 6.92. The maximum atomic E-state index is 11.0. The van der Waals surface area contributed by atoms with E-state index in [-0.39, 0.29) is 11.9 Å². The normalized spacial score (nSPS) is 12.8. The summed E-state index contributed by atoms with van der Waals surface area (Å²) >= 11 is 0. The lowest BCUT2D eigenvalue weighted by Gasteiger charge is -2.22. The molecule has 0 saturated carbocycles. The first-order valence-electron chi connectivity index (χ1n) is 3.59. The Morgan fingerprint density at radius 3 is 2.50 bits per heavy atom. The average molecular weight is 144 g/mol. The molecule has 0 aromatic heterocycles. The highest BCUT2D eigenvalue weighted by molar-refractivity contribution is 5.75. The molecular weight excluding hydrogens is 128 g/mol. The van der Waals surface area contributed by atoms with Crippen molar-refractivity contribution in [3.8, 4) is 0 Å². The Labute approximate surface area is 62.2 Å². The van der Waals surface area contributed by atoms with Gasteiger partial charge in [0.2, 0.25) is 5.91 Å². The van der Waals surface area contributed by atoms with Gasteiger partial charge in [0.1, 0.15) is 0 Å². The number of nitrogens with two attached hydrogens (primary N) is 1. The van der Waals surface area contributed by atoms with E-state index in [2.05, 4.69) is 0 Å². The molecule has 10 heavy (non-hydrogen) atoms. The third-order valence-corrected chi connectivity index (χ3v) is 1.70. The fraction of sp³-hybridized carbons (Fsp3) is 0.857. The molecule has 3 heteroatoms. The van der Waals surface area contributed by atoms with Gasteiger partial charge in [-0.3, -0.25) is 4.79 Å². The van der Waals surface area contributed by atoms with Gasteiger partial charge in [-0.25, -0.2) is 0 Å². The third kappa shape index (κ3) is 2.35. The number of amides is 1. The summed E-state index contributed by atoms with van der Waals surface area (Å²) in [6.45, 7) is 4.32. The number of carbonyl (C=O) groups is 1. The zero-order valence-electron chi connectivity index (χ0n) is 6.92.